The van der Waals surface area contributed by atoms with Crippen molar-refractivity contribution in [1.82, 2.24) is 4.98 Å². The fourth-order valence-corrected chi connectivity index (χ4v) is 3.21. The third-order valence-corrected chi connectivity index (χ3v) is 4.11. The predicted octanol–water partition coefficient (Wildman–Crippen LogP) is 3.20. The highest BCUT2D eigenvalue weighted by Crippen LogP contribution is 2.30. The summed E-state index contributed by atoms with van der Waals surface area (Å²) in [6, 6.07) is 2.43. The number of halogens is 2. The highest BCUT2D eigenvalue weighted by molar-refractivity contribution is 9.10. The Balaban J connectivity index is 2.20. The highest BCUT2D eigenvalue weighted by Gasteiger charge is 2.27. The molecule has 0 radical (unpaired) electrons. The van der Waals surface area contributed by atoms with Gasteiger partial charge in [0.1, 0.15) is 5.82 Å². The number of aromatic nitrogens is 1. The topological polar surface area (TPSA) is 42.2 Å². The number of rotatable bonds is 2. The molecule has 5 heteroatoms. The van der Waals surface area contributed by atoms with E-state index in [9.17, 15) is 0 Å². The van der Waals surface area contributed by atoms with E-state index < -0.39 is 0 Å². The molecule has 94 valence electrons. The van der Waals surface area contributed by atoms with Gasteiger partial charge in [-0.15, -0.1) is 0 Å². The Bertz CT molecular complexity index is 399. The van der Waals surface area contributed by atoms with Crippen molar-refractivity contribution in [2.24, 2.45) is 5.73 Å². The van der Waals surface area contributed by atoms with Gasteiger partial charge in [-0.3, -0.25) is 0 Å². The van der Waals surface area contributed by atoms with Crippen LogP contribution in [0.25, 0.3) is 0 Å². The maximum Gasteiger partial charge on any atom is 0.147 e. The van der Waals surface area contributed by atoms with Crippen molar-refractivity contribution < 1.29 is 0 Å². The fourth-order valence-electron chi connectivity index (χ4n) is 2.44. The average molecular weight is 319 g/mol. The van der Waals surface area contributed by atoms with Gasteiger partial charge >= 0.3 is 0 Å². The van der Waals surface area contributed by atoms with E-state index in [0.29, 0.717) is 11.1 Å². The predicted molar refractivity (Wildman–Crippen MR) is 75.6 cm³/mol. The minimum absolute atomic E-state index is 0.218. The van der Waals surface area contributed by atoms with Gasteiger partial charge < -0.3 is 10.6 Å². The van der Waals surface area contributed by atoms with Gasteiger partial charge in [0.05, 0.1) is 5.02 Å². The molecule has 0 aliphatic heterocycles. The zero-order valence-corrected chi connectivity index (χ0v) is 12.2. The summed E-state index contributed by atoms with van der Waals surface area (Å²) in [5, 5.41) is 0.666. The van der Waals surface area contributed by atoms with E-state index in [1.807, 2.05) is 13.1 Å². The second-order valence-electron chi connectivity index (χ2n) is 4.59. The van der Waals surface area contributed by atoms with E-state index in [2.05, 4.69) is 25.8 Å². The van der Waals surface area contributed by atoms with Gasteiger partial charge in [-0.1, -0.05) is 24.4 Å². The van der Waals surface area contributed by atoms with E-state index in [1.165, 1.54) is 12.8 Å². The quantitative estimate of drug-likeness (QED) is 0.910. The molecule has 0 spiro atoms. The van der Waals surface area contributed by atoms with Crippen LogP contribution in [0.15, 0.2) is 16.7 Å². The van der Waals surface area contributed by atoms with Gasteiger partial charge in [-0.25, -0.2) is 4.98 Å². The first-order chi connectivity index (χ1) is 8.09. The number of pyridine rings is 1. The molecule has 1 aromatic rings. The van der Waals surface area contributed by atoms with Crippen molar-refractivity contribution in [2.75, 3.05) is 11.9 Å². The second kappa shape index (κ2) is 5.55. The van der Waals surface area contributed by atoms with Crippen molar-refractivity contribution in [3.05, 3.63) is 21.8 Å². The van der Waals surface area contributed by atoms with Crippen LogP contribution in [0.1, 0.15) is 25.7 Å². The van der Waals surface area contributed by atoms with Gasteiger partial charge in [0, 0.05) is 29.8 Å². The van der Waals surface area contributed by atoms with Crippen molar-refractivity contribution in [3.8, 4) is 0 Å². The third-order valence-electron chi connectivity index (χ3n) is 3.40. The molecular formula is C12H17BrClN3. The zero-order chi connectivity index (χ0) is 12.4. The Kier molecular flexibility index (Phi) is 4.28. The number of hydrogen-bond acceptors (Lipinski definition) is 3. The zero-order valence-electron chi connectivity index (χ0n) is 9.87. The Morgan fingerprint density at radius 3 is 2.82 bits per heavy atom. The number of hydrogen-bond donors (Lipinski definition) is 1. The lowest BCUT2D eigenvalue weighted by molar-refractivity contribution is 0.372. The van der Waals surface area contributed by atoms with Crippen LogP contribution in [0, 0.1) is 0 Å². The summed E-state index contributed by atoms with van der Waals surface area (Å²) >= 11 is 9.58. The van der Waals surface area contributed by atoms with Crippen LogP contribution in [0.4, 0.5) is 5.82 Å². The molecule has 0 aromatic carbocycles. The van der Waals surface area contributed by atoms with Crippen LogP contribution in [0.3, 0.4) is 0 Å². The smallest absolute Gasteiger partial charge is 0.147 e. The summed E-state index contributed by atoms with van der Waals surface area (Å²) in [7, 11) is 2.03. The van der Waals surface area contributed by atoms with Crippen molar-refractivity contribution in [3.63, 3.8) is 0 Å². The van der Waals surface area contributed by atoms with Crippen molar-refractivity contribution >= 4 is 33.3 Å². The molecule has 2 atom stereocenters. The lowest BCUT2D eigenvalue weighted by Crippen LogP contribution is -2.48. The average Bonchev–Trinajstić information content (AvgIpc) is 2.29. The molecule has 2 N–H and O–H groups in total. The van der Waals surface area contributed by atoms with Crippen LogP contribution in [0.2, 0.25) is 5.02 Å². The summed E-state index contributed by atoms with van der Waals surface area (Å²) in [4.78, 5) is 6.50. The lowest BCUT2D eigenvalue weighted by Gasteiger charge is -2.37. The van der Waals surface area contributed by atoms with Crippen LogP contribution in [0.5, 0.6) is 0 Å². The Morgan fingerprint density at radius 2 is 2.18 bits per heavy atom. The number of anilines is 1. The summed E-state index contributed by atoms with van der Waals surface area (Å²) < 4.78 is 0.896. The van der Waals surface area contributed by atoms with Crippen LogP contribution in [-0.2, 0) is 0 Å². The number of nitrogens with two attached hydrogens (primary N) is 1. The molecule has 1 saturated carbocycles. The maximum absolute atomic E-state index is 6.22. The molecule has 0 bridgehead atoms. The Hall–Kier alpha value is -0.320. The number of likely N-dealkylation sites (N-methyl/N-ethyl adjacent to an activating group) is 1. The molecular weight excluding hydrogens is 302 g/mol. The fraction of sp³-hybridized carbons (Fsp3) is 0.583. The van der Waals surface area contributed by atoms with E-state index in [0.717, 1.165) is 23.1 Å². The minimum Gasteiger partial charge on any atom is -0.354 e. The van der Waals surface area contributed by atoms with E-state index in [1.54, 1.807) is 6.20 Å². The first-order valence-electron chi connectivity index (χ1n) is 5.89. The van der Waals surface area contributed by atoms with Crippen LogP contribution < -0.4 is 10.6 Å². The standard InChI is InChI=1S/C12H17BrClN3/c1-17(11-5-3-2-4-10(11)15)12-9(14)6-8(13)7-16-12/h6-7,10-11H,2-5,15H2,1H3. The second-order valence-corrected chi connectivity index (χ2v) is 5.91. The molecule has 0 saturated heterocycles. The monoisotopic (exact) mass is 317 g/mol. The van der Waals surface area contributed by atoms with E-state index in [4.69, 9.17) is 17.3 Å². The molecule has 3 nitrogen and oxygen atoms in total. The summed E-state index contributed by atoms with van der Waals surface area (Å²) in [5.74, 6) is 0.817. The molecule has 17 heavy (non-hydrogen) atoms. The normalized spacial score (nSPS) is 24.7. The first-order valence-corrected chi connectivity index (χ1v) is 7.06. The maximum atomic E-state index is 6.22. The summed E-state index contributed by atoms with van der Waals surface area (Å²) in [5.41, 5.74) is 6.18. The summed E-state index contributed by atoms with van der Waals surface area (Å²) in [6.07, 6.45) is 6.44. The van der Waals surface area contributed by atoms with E-state index in [-0.39, 0.29) is 6.04 Å². The molecule has 0 amide bonds. The Labute approximate surface area is 115 Å². The Morgan fingerprint density at radius 1 is 1.47 bits per heavy atom. The van der Waals surface area contributed by atoms with Crippen molar-refractivity contribution in [2.45, 2.75) is 37.8 Å². The van der Waals surface area contributed by atoms with Crippen LogP contribution >= 0.6 is 27.5 Å². The SMILES string of the molecule is CN(c1ncc(Br)cc1Cl)C1CCCCC1N. The molecule has 2 rings (SSSR count). The van der Waals surface area contributed by atoms with Gasteiger partial charge in [-0.05, 0) is 34.8 Å². The third kappa shape index (κ3) is 2.92. The molecule has 1 aliphatic rings. The highest BCUT2D eigenvalue weighted by atomic mass is 79.9. The van der Waals surface area contributed by atoms with Crippen molar-refractivity contribution in [1.29, 1.82) is 0 Å². The van der Waals surface area contributed by atoms with E-state index >= 15 is 0 Å². The molecule has 1 aromatic heterocycles. The van der Waals surface area contributed by atoms with Gasteiger partial charge in [-0.2, -0.15) is 0 Å². The largest absolute Gasteiger partial charge is 0.354 e. The molecule has 1 fully saturated rings. The summed E-state index contributed by atoms with van der Waals surface area (Å²) in [6.45, 7) is 0. The lowest BCUT2D eigenvalue weighted by atomic mass is 9.90. The molecule has 1 heterocycles. The first kappa shape index (κ1) is 13.1. The van der Waals surface area contributed by atoms with Crippen LogP contribution in [-0.4, -0.2) is 24.1 Å². The van der Waals surface area contributed by atoms with Gasteiger partial charge in [0.15, 0.2) is 0 Å². The van der Waals surface area contributed by atoms with Gasteiger partial charge in [0.2, 0.25) is 0 Å². The molecule has 1 aliphatic carbocycles. The number of nitrogens with zero attached hydrogens (tertiary/aromatic N) is 2. The van der Waals surface area contributed by atoms with Gasteiger partial charge in [0.25, 0.3) is 0 Å². The molecule has 2 unspecified atom stereocenters. The minimum atomic E-state index is 0.218.